The molecule has 7 nitrogen and oxygen atoms in total. The summed E-state index contributed by atoms with van der Waals surface area (Å²) in [7, 11) is 3.67. The van der Waals surface area contributed by atoms with Crippen molar-refractivity contribution in [2.75, 3.05) is 20.1 Å². The summed E-state index contributed by atoms with van der Waals surface area (Å²) in [5.41, 5.74) is 3.34. The molecule has 0 spiro atoms. The molecule has 0 radical (unpaired) electrons. The molecule has 0 aliphatic carbocycles. The quantitative estimate of drug-likeness (QED) is 0.405. The summed E-state index contributed by atoms with van der Waals surface area (Å²) >= 11 is 0. The number of carbonyl (C=O) groups is 1. The molecule has 22 heavy (non-hydrogen) atoms. The van der Waals surface area contributed by atoms with Crippen LogP contribution in [-0.4, -0.2) is 41.8 Å². The van der Waals surface area contributed by atoms with Gasteiger partial charge in [0.15, 0.2) is 5.96 Å². The van der Waals surface area contributed by atoms with Crippen LogP contribution in [0, 0.1) is 19.8 Å². The number of aliphatic imine (C=N–C) groups is 1. The van der Waals surface area contributed by atoms with Crippen LogP contribution >= 0.6 is 0 Å². The van der Waals surface area contributed by atoms with Crippen LogP contribution in [0.1, 0.15) is 30.8 Å². The van der Waals surface area contributed by atoms with E-state index in [1.807, 2.05) is 32.5 Å². The predicted molar refractivity (Wildman–Crippen MR) is 88.7 cm³/mol. The SMILES string of the molecule is CN=C(NCCNC(=O)C(C)C)NCc1c(C)nn(C)c1C. The number of hydrogen-bond donors (Lipinski definition) is 3. The van der Waals surface area contributed by atoms with Crippen molar-refractivity contribution in [1.82, 2.24) is 25.7 Å². The first-order chi connectivity index (χ1) is 10.4. The molecule has 1 aromatic heterocycles. The minimum Gasteiger partial charge on any atom is -0.355 e. The number of guanidine groups is 1. The van der Waals surface area contributed by atoms with Crippen LogP contribution in [0.2, 0.25) is 0 Å². The van der Waals surface area contributed by atoms with Crippen molar-refractivity contribution in [3.8, 4) is 0 Å². The highest BCUT2D eigenvalue weighted by Gasteiger charge is 2.10. The van der Waals surface area contributed by atoms with Gasteiger partial charge in [-0.1, -0.05) is 13.8 Å². The Hall–Kier alpha value is -2.05. The maximum Gasteiger partial charge on any atom is 0.222 e. The lowest BCUT2D eigenvalue weighted by Gasteiger charge is -2.13. The molecule has 0 saturated heterocycles. The van der Waals surface area contributed by atoms with Crippen molar-refractivity contribution in [3.05, 3.63) is 17.0 Å². The van der Waals surface area contributed by atoms with Crippen LogP contribution in [0.3, 0.4) is 0 Å². The molecule has 1 heterocycles. The third kappa shape index (κ3) is 5.05. The van der Waals surface area contributed by atoms with E-state index in [1.54, 1.807) is 7.05 Å². The van der Waals surface area contributed by atoms with E-state index >= 15 is 0 Å². The normalized spacial score (nSPS) is 11.7. The molecule has 124 valence electrons. The minimum atomic E-state index is 0.00830. The molecule has 0 aliphatic rings. The molecule has 1 amide bonds. The molecule has 0 fully saturated rings. The van der Waals surface area contributed by atoms with Crippen molar-refractivity contribution in [2.24, 2.45) is 18.0 Å². The van der Waals surface area contributed by atoms with E-state index in [0.29, 0.717) is 25.6 Å². The van der Waals surface area contributed by atoms with Gasteiger partial charge in [-0.3, -0.25) is 14.5 Å². The average molecular weight is 308 g/mol. The Balaban J connectivity index is 2.39. The molecule has 0 aliphatic heterocycles. The van der Waals surface area contributed by atoms with Gasteiger partial charge in [0.05, 0.1) is 5.69 Å². The summed E-state index contributed by atoms with van der Waals surface area (Å²) in [4.78, 5) is 15.6. The molecular formula is C15H28N6O. The maximum absolute atomic E-state index is 11.5. The zero-order valence-corrected chi connectivity index (χ0v) is 14.4. The Labute approximate surface area is 132 Å². The fourth-order valence-electron chi connectivity index (χ4n) is 2.04. The molecule has 1 rings (SSSR count). The Morgan fingerprint density at radius 2 is 1.86 bits per heavy atom. The van der Waals surface area contributed by atoms with Crippen LogP contribution in [0.25, 0.3) is 0 Å². The van der Waals surface area contributed by atoms with Gasteiger partial charge >= 0.3 is 0 Å². The van der Waals surface area contributed by atoms with Gasteiger partial charge in [0.1, 0.15) is 0 Å². The van der Waals surface area contributed by atoms with Gasteiger partial charge in [-0.15, -0.1) is 0 Å². The van der Waals surface area contributed by atoms with E-state index in [-0.39, 0.29) is 11.8 Å². The Morgan fingerprint density at radius 3 is 2.36 bits per heavy atom. The smallest absolute Gasteiger partial charge is 0.222 e. The third-order valence-corrected chi connectivity index (χ3v) is 3.56. The van der Waals surface area contributed by atoms with Gasteiger partial charge in [-0.2, -0.15) is 5.10 Å². The van der Waals surface area contributed by atoms with Gasteiger partial charge in [0.2, 0.25) is 5.91 Å². The largest absolute Gasteiger partial charge is 0.355 e. The molecule has 0 unspecified atom stereocenters. The van der Waals surface area contributed by atoms with E-state index in [0.717, 1.165) is 11.4 Å². The molecule has 0 bridgehead atoms. The third-order valence-electron chi connectivity index (χ3n) is 3.56. The van der Waals surface area contributed by atoms with Crippen molar-refractivity contribution < 1.29 is 4.79 Å². The van der Waals surface area contributed by atoms with Gasteiger partial charge in [0.25, 0.3) is 0 Å². The maximum atomic E-state index is 11.5. The summed E-state index contributed by atoms with van der Waals surface area (Å²) < 4.78 is 1.88. The highest BCUT2D eigenvalue weighted by atomic mass is 16.1. The fourth-order valence-corrected chi connectivity index (χ4v) is 2.04. The van der Waals surface area contributed by atoms with E-state index in [9.17, 15) is 4.79 Å². The number of aryl methyl sites for hydroxylation is 2. The van der Waals surface area contributed by atoms with Crippen LogP contribution in [-0.2, 0) is 18.4 Å². The van der Waals surface area contributed by atoms with Crippen LogP contribution < -0.4 is 16.0 Å². The second-order valence-corrected chi connectivity index (χ2v) is 5.57. The number of nitrogens with one attached hydrogen (secondary N) is 3. The number of nitrogens with zero attached hydrogens (tertiary/aromatic N) is 3. The molecule has 3 N–H and O–H groups in total. The number of aromatic nitrogens is 2. The standard InChI is InChI=1S/C15H28N6O/c1-10(2)14(22)17-7-8-18-15(16-5)19-9-13-11(3)20-21(6)12(13)4/h10H,7-9H2,1-6H3,(H,17,22)(H2,16,18,19). The van der Waals surface area contributed by atoms with Gasteiger partial charge < -0.3 is 16.0 Å². The van der Waals surface area contributed by atoms with Crippen molar-refractivity contribution in [1.29, 1.82) is 0 Å². The van der Waals surface area contributed by atoms with E-state index in [1.165, 1.54) is 5.56 Å². The number of amides is 1. The van der Waals surface area contributed by atoms with Crippen LogP contribution in [0.4, 0.5) is 0 Å². The second-order valence-electron chi connectivity index (χ2n) is 5.57. The predicted octanol–water partition coefficient (Wildman–Crippen LogP) is 0.474. The van der Waals surface area contributed by atoms with Gasteiger partial charge in [-0.25, -0.2) is 0 Å². The summed E-state index contributed by atoms with van der Waals surface area (Å²) in [6, 6.07) is 0. The lowest BCUT2D eigenvalue weighted by atomic mass is 10.2. The lowest BCUT2D eigenvalue weighted by molar-refractivity contribution is -0.123. The molecular weight excluding hydrogens is 280 g/mol. The zero-order chi connectivity index (χ0) is 16.7. The molecule has 1 aromatic rings. The van der Waals surface area contributed by atoms with E-state index < -0.39 is 0 Å². The average Bonchev–Trinajstić information content (AvgIpc) is 2.71. The Kier molecular flexibility index (Phi) is 6.88. The molecule has 0 atom stereocenters. The van der Waals surface area contributed by atoms with Crippen molar-refractivity contribution >= 4 is 11.9 Å². The van der Waals surface area contributed by atoms with Gasteiger partial charge in [0, 0.05) is 50.9 Å². The summed E-state index contributed by atoms with van der Waals surface area (Å²) in [5.74, 6) is 0.779. The lowest BCUT2D eigenvalue weighted by Crippen LogP contribution is -2.41. The highest BCUT2D eigenvalue weighted by molar-refractivity contribution is 5.80. The van der Waals surface area contributed by atoms with E-state index in [4.69, 9.17) is 0 Å². The van der Waals surface area contributed by atoms with Crippen molar-refractivity contribution in [3.63, 3.8) is 0 Å². The second kappa shape index (κ2) is 8.41. The molecule has 7 heteroatoms. The summed E-state index contributed by atoms with van der Waals surface area (Å²) in [5, 5.41) is 13.7. The fraction of sp³-hybridized carbons (Fsp3) is 0.667. The Bertz CT molecular complexity index is 532. The molecule has 0 saturated carbocycles. The Morgan fingerprint density at radius 1 is 1.23 bits per heavy atom. The number of hydrogen-bond acceptors (Lipinski definition) is 3. The topological polar surface area (TPSA) is 83.3 Å². The van der Waals surface area contributed by atoms with Crippen LogP contribution in [0.15, 0.2) is 4.99 Å². The molecule has 0 aromatic carbocycles. The first-order valence-corrected chi connectivity index (χ1v) is 7.58. The first-order valence-electron chi connectivity index (χ1n) is 7.58. The van der Waals surface area contributed by atoms with Gasteiger partial charge in [-0.05, 0) is 13.8 Å². The number of rotatable bonds is 6. The van der Waals surface area contributed by atoms with E-state index in [2.05, 4.69) is 33.0 Å². The first kappa shape index (κ1) is 18.0. The van der Waals surface area contributed by atoms with Crippen LogP contribution in [0.5, 0.6) is 0 Å². The number of carbonyl (C=O) groups excluding carboxylic acids is 1. The zero-order valence-electron chi connectivity index (χ0n) is 14.4. The van der Waals surface area contributed by atoms with Crippen molar-refractivity contribution in [2.45, 2.75) is 34.2 Å². The summed E-state index contributed by atoms with van der Waals surface area (Å²) in [6.07, 6.45) is 0. The minimum absolute atomic E-state index is 0.00830. The summed E-state index contributed by atoms with van der Waals surface area (Å²) in [6.45, 7) is 9.68. The highest BCUT2D eigenvalue weighted by Crippen LogP contribution is 2.10. The monoisotopic (exact) mass is 308 g/mol.